The summed E-state index contributed by atoms with van der Waals surface area (Å²) in [5.74, 6) is -0.0525. The summed E-state index contributed by atoms with van der Waals surface area (Å²) in [6, 6.07) is 10.2. The molecule has 6 heteroatoms. The van der Waals surface area contributed by atoms with E-state index in [2.05, 4.69) is 22.8 Å². The monoisotopic (exact) mass is 329 g/mol. The molecular weight excluding hydrogens is 306 g/mol. The second-order valence-corrected chi connectivity index (χ2v) is 5.43. The molecule has 0 unspecified atom stereocenters. The number of hydrogen-bond acceptors (Lipinski definition) is 3. The maximum absolute atomic E-state index is 12.0. The molecule has 0 saturated heterocycles. The number of aromatic nitrogens is 1. The van der Waals surface area contributed by atoms with Crippen LogP contribution in [0.4, 0.5) is 0 Å². The van der Waals surface area contributed by atoms with Crippen molar-refractivity contribution < 1.29 is 14.3 Å². The van der Waals surface area contributed by atoms with E-state index in [1.165, 1.54) is 12.8 Å². The van der Waals surface area contributed by atoms with E-state index < -0.39 is 5.91 Å². The standard InChI is InChI=1S/C18H23N3O3/c1-2-3-4-5-13-24-15-10-8-14(9-11-15)17(22)20-21-18(23)16-7-6-12-19-16/h6-12,19H,2-5,13H2,1H3,(H,20,22)(H,21,23). The molecule has 6 nitrogen and oxygen atoms in total. The smallest absolute Gasteiger partial charge is 0.286 e. The van der Waals surface area contributed by atoms with E-state index in [9.17, 15) is 9.59 Å². The molecule has 0 spiro atoms. The van der Waals surface area contributed by atoms with E-state index in [1.807, 2.05) is 0 Å². The fourth-order valence-corrected chi connectivity index (χ4v) is 2.15. The SMILES string of the molecule is CCCCCCOc1ccc(C(=O)NNC(=O)c2ccc[nH]2)cc1. The Bertz CT molecular complexity index is 636. The van der Waals surface area contributed by atoms with E-state index in [4.69, 9.17) is 4.74 Å². The summed E-state index contributed by atoms with van der Waals surface area (Å²) in [7, 11) is 0. The van der Waals surface area contributed by atoms with Crippen LogP contribution in [0, 0.1) is 0 Å². The van der Waals surface area contributed by atoms with Gasteiger partial charge in [-0.2, -0.15) is 0 Å². The number of aromatic amines is 1. The average molecular weight is 329 g/mol. The zero-order chi connectivity index (χ0) is 17.2. The molecule has 0 aliphatic heterocycles. The highest BCUT2D eigenvalue weighted by Crippen LogP contribution is 2.13. The summed E-state index contributed by atoms with van der Waals surface area (Å²) in [6.45, 7) is 2.85. The Morgan fingerprint density at radius 1 is 1.00 bits per heavy atom. The second-order valence-electron chi connectivity index (χ2n) is 5.43. The third-order valence-corrected chi connectivity index (χ3v) is 3.52. The number of unbranched alkanes of at least 4 members (excludes halogenated alkanes) is 3. The average Bonchev–Trinajstić information content (AvgIpc) is 3.14. The van der Waals surface area contributed by atoms with Crippen molar-refractivity contribution in [1.29, 1.82) is 0 Å². The molecule has 0 aliphatic rings. The van der Waals surface area contributed by atoms with Gasteiger partial charge in [0.05, 0.1) is 6.61 Å². The summed E-state index contributed by atoms with van der Waals surface area (Å²) >= 11 is 0. The Morgan fingerprint density at radius 3 is 2.42 bits per heavy atom. The third-order valence-electron chi connectivity index (χ3n) is 3.52. The lowest BCUT2D eigenvalue weighted by molar-refractivity contribution is 0.0844. The van der Waals surface area contributed by atoms with E-state index >= 15 is 0 Å². The highest BCUT2D eigenvalue weighted by molar-refractivity contribution is 5.98. The quantitative estimate of drug-likeness (QED) is 0.514. The van der Waals surface area contributed by atoms with Gasteiger partial charge in [-0.15, -0.1) is 0 Å². The summed E-state index contributed by atoms with van der Waals surface area (Å²) < 4.78 is 5.63. The van der Waals surface area contributed by atoms with E-state index in [0.29, 0.717) is 17.9 Å². The van der Waals surface area contributed by atoms with Crippen molar-refractivity contribution in [1.82, 2.24) is 15.8 Å². The third kappa shape index (κ3) is 5.46. The molecule has 0 fully saturated rings. The number of amides is 2. The first kappa shape index (κ1) is 17.6. The number of H-pyrrole nitrogens is 1. The fourth-order valence-electron chi connectivity index (χ4n) is 2.15. The van der Waals surface area contributed by atoms with Gasteiger partial charge in [-0.1, -0.05) is 26.2 Å². The molecule has 0 saturated carbocycles. The number of ether oxygens (including phenoxy) is 1. The van der Waals surface area contributed by atoms with Gasteiger partial charge in [-0.05, 0) is 42.8 Å². The van der Waals surface area contributed by atoms with E-state index in [0.717, 1.165) is 18.6 Å². The molecule has 2 amide bonds. The molecule has 0 bridgehead atoms. The highest BCUT2D eigenvalue weighted by Gasteiger charge is 2.09. The van der Waals surface area contributed by atoms with Crippen LogP contribution in [0.3, 0.4) is 0 Å². The first-order valence-electron chi connectivity index (χ1n) is 8.17. The molecule has 2 aromatic rings. The van der Waals surface area contributed by atoms with Gasteiger partial charge in [0.1, 0.15) is 11.4 Å². The van der Waals surface area contributed by atoms with Crippen molar-refractivity contribution in [2.24, 2.45) is 0 Å². The predicted molar refractivity (Wildman–Crippen MR) is 91.8 cm³/mol. The minimum atomic E-state index is -0.402. The van der Waals surface area contributed by atoms with Gasteiger partial charge in [0.25, 0.3) is 11.8 Å². The van der Waals surface area contributed by atoms with Crippen molar-refractivity contribution in [3.8, 4) is 5.75 Å². The van der Waals surface area contributed by atoms with Crippen molar-refractivity contribution in [2.75, 3.05) is 6.61 Å². The number of hydrogen-bond donors (Lipinski definition) is 3. The molecule has 0 radical (unpaired) electrons. The number of carbonyl (C=O) groups is 2. The number of benzene rings is 1. The van der Waals surface area contributed by atoms with Gasteiger partial charge in [0.2, 0.25) is 0 Å². The zero-order valence-corrected chi connectivity index (χ0v) is 13.8. The predicted octanol–water partition coefficient (Wildman–Crippen LogP) is 3.05. The molecule has 1 aromatic heterocycles. The first-order chi connectivity index (χ1) is 11.7. The van der Waals surface area contributed by atoms with Crippen LogP contribution >= 0.6 is 0 Å². The van der Waals surface area contributed by atoms with Crippen molar-refractivity contribution in [3.05, 3.63) is 53.9 Å². The summed E-state index contributed by atoms with van der Waals surface area (Å²) in [6.07, 6.45) is 6.25. The second kappa shape index (κ2) is 9.39. The minimum absolute atomic E-state index is 0.377. The van der Waals surface area contributed by atoms with Gasteiger partial charge in [0.15, 0.2) is 0 Å². The van der Waals surface area contributed by atoms with Crippen LogP contribution in [-0.2, 0) is 0 Å². The van der Waals surface area contributed by atoms with Crippen LogP contribution in [0.15, 0.2) is 42.6 Å². The molecule has 0 atom stereocenters. The molecule has 3 N–H and O–H groups in total. The normalized spacial score (nSPS) is 10.2. The fraction of sp³-hybridized carbons (Fsp3) is 0.333. The molecule has 0 aliphatic carbocycles. The Morgan fingerprint density at radius 2 is 1.75 bits per heavy atom. The summed E-state index contributed by atoms with van der Waals surface area (Å²) in [4.78, 5) is 26.5. The lowest BCUT2D eigenvalue weighted by Gasteiger charge is -2.08. The molecular formula is C18H23N3O3. The van der Waals surface area contributed by atoms with Crippen molar-refractivity contribution in [2.45, 2.75) is 32.6 Å². The lowest BCUT2D eigenvalue weighted by atomic mass is 10.2. The molecule has 1 aromatic carbocycles. The van der Waals surface area contributed by atoms with Gasteiger partial charge in [-0.3, -0.25) is 20.4 Å². The van der Waals surface area contributed by atoms with Gasteiger partial charge >= 0.3 is 0 Å². The molecule has 1 heterocycles. The number of hydrazine groups is 1. The van der Waals surface area contributed by atoms with Crippen molar-refractivity contribution >= 4 is 11.8 Å². The molecule has 2 rings (SSSR count). The Hall–Kier alpha value is -2.76. The van der Waals surface area contributed by atoms with Crippen LogP contribution in [0.1, 0.15) is 53.5 Å². The van der Waals surface area contributed by atoms with E-state index in [1.54, 1.807) is 42.6 Å². The zero-order valence-electron chi connectivity index (χ0n) is 13.8. The summed E-state index contributed by atoms with van der Waals surface area (Å²) in [5, 5.41) is 0. The number of nitrogens with one attached hydrogen (secondary N) is 3. The highest BCUT2D eigenvalue weighted by atomic mass is 16.5. The van der Waals surface area contributed by atoms with Crippen LogP contribution in [0.2, 0.25) is 0 Å². The van der Waals surface area contributed by atoms with Crippen molar-refractivity contribution in [3.63, 3.8) is 0 Å². The topological polar surface area (TPSA) is 83.2 Å². The molecule has 24 heavy (non-hydrogen) atoms. The summed E-state index contributed by atoms with van der Waals surface area (Å²) in [5.41, 5.74) is 5.55. The Labute approximate surface area is 141 Å². The lowest BCUT2D eigenvalue weighted by Crippen LogP contribution is -2.41. The van der Waals surface area contributed by atoms with E-state index in [-0.39, 0.29) is 5.91 Å². The minimum Gasteiger partial charge on any atom is -0.494 e. The van der Waals surface area contributed by atoms with Crippen LogP contribution in [-0.4, -0.2) is 23.4 Å². The van der Waals surface area contributed by atoms with Gasteiger partial charge in [-0.25, -0.2) is 0 Å². The van der Waals surface area contributed by atoms with Gasteiger partial charge in [0, 0.05) is 11.8 Å². The Kier molecular flexibility index (Phi) is 6.89. The van der Waals surface area contributed by atoms with Crippen LogP contribution in [0.25, 0.3) is 0 Å². The number of rotatable bonds is 8. The first-order valence-corrected chi connectivity index (χ1v) is 8.17. The van der Waals surface area contributed by atoms with Crippen LogP contribution in [0.5, 0.6) is 5.75 Å². The van der Waals surface area contributed by atoms with Gasteiger partial charge < -0.3 is 9.72 Å². The largest absolute Gasteiger partial charge is 0.494 e. The Balaban J connectivity index is 1.75. The molecule has 128 valence electrons. The maximum atomic E-state index is 12.0. The van der Waals surface area contributed by atoms with Crippen LogP contribution < -0.4 is 15.6 Å². The number of carbonyl (C=O) groups excluding carboxylic acids is 2. The maximum Gasteiger partial charge on any atom is 0.286 e.